The van der Waals surface area contributed by atoms with E-state index in [0.29, 0.717) is 38.4 Å². The third kappa shape index (κ3) is 2.15. The lowest BCUT2D eigenvalue weighted by molar-refractivity contribution is -0.166. The molecule has 3 aliphatic rings. The molecule has 0 radical (unpaired) electrons. The summed E-state index contributed by atoms with van der Waals surface area (Å²) in [7, 11) is 0. The molecule has 24 heavy (non-hydrogen) atoms. The van der Waals surface area contributed by atoms with Crippen LogP contribution in [0.25, 0.3) is 0 Å². The number of hydrogen-bond donors (Lipinski definition) is 1. The van der Waals surface area contributed by atoms with Gasteiger partial charge >= 0.3 is 11.8 Å². The molecular weight excluding hydrogens is 325 g/mol. The van der Waals surface area contributed by atoms with E-state index in [4.69, 9.17) is 4.74 Å². The van der Waals surface area contributed by atoms with Crippen molar-refractivity contribution in [2.75, 3.05) is 32.8 Å². The molecule has 1 aromatic rings. The van der Waals surface area contributed by atoms with Crippen LogP contribution in [0.15, 0.2) is 34.5 Å². The van der Waals surface area contributed by atoms with E-state index in [-0.39, 0.29) is 17.0 Å². The summed E-state index contributed by atoms with van der Waals surface area (Å²) in [4.78, 5) is 14.5. The van der Waals surface area contributed by atoms with Crippen molar-refractivity contribution in [3.8, 4) is 0 Å². The van der Waals surface area contributed by atoms with Crippen LogP contribution >= 0.6 is 0 Å². The molecule has 9 heteroatoms. The van der Waals surface area contributed by atoms with Gasteiger partial charge in [-0.15, -0.1) is 10.2 Å². The molecule has 4 rings (SSSR count). The number of alkyl halides is 3. The number of morpholine rings is 1. The first-order valence-electron chi connectivity index (χ1n) is 7.60. The Hall–Kier alpha value is -2.00. The van der Waals surface area contributed by atoms with Gasteiger partial charge in [-0.3, -0.25) is 4.79 Å². The van der Waals surface area contributed by atoms with Crippen LogP contribution < -0.4 is 5.32 Å². The molecule has 0 aromatic heterocycles. The van der Waals surface area contributed by atoms with Crippen molar-refractivity contribution >= 4 is 5.91 Å². The van der Waals surface area contributed by atoms with Crippen LogP contribution in [0.2, 0.25) is 0 Å². The maximum Gasteiger partial charge on any atom is 0.442 e. The van der Waals surface area contributed by atoms with Crippen LogP contribution in [-0.2, 0) is 10.4 Å². The zero-order valence-corrected chi connectivity index (χ0v) is 12.6. The standard InChI is InChI=1S/C15H15F3N4O2/c16-15(17,18)14(20-21-14)11-3-1-10(2-4-11)12(23)22-5-6-24-9-13(22)7-19-8-13/h1-4,19H,5-9H2. The van der Waals surface area contributed by atoms with Gasteiger partial charge in [0.25, 0.3) is 5.91 Å². The molecule has 6 nitrogen and oxygen atoms in total. The fourth-order valence-electron chi connectivity index (χ4n) is 3.20. The Morgan fingerprint density at radius 1 is 1.21 bits per heavy atom. The Morgan fingerprint density at radius 2 is 1.88 bits per heavy atom. The van der Waals surface area contributed by atoms with Crippen molar-refractivity contribution in [3.63, 3.8) is 0 Å². The Labute approximate surface area is 135 Å². The number of nitrogens with one attached hydrogen (secondary N) is 1. The first-order chi connectivity index (χ1) is 11.4. The van der Waals surface area contributed by atoms with E-state index in [2.05, 4.69) is 15.5 Å². The average Bonchev–Trinajstić information content (AvgIpc) is 3.34. The molecule has 2 fully saturated rings. The van der Waals surface area contributed by atoms with E-state index in [1.165, 1.54) is 24.3 Å². The summed E-state index contributed by atoms with van der Waals surface area (Å²) in [5.41, 5.74) is -2.52. The van der Waals surface area contributed by atoms with Gasteiger partial charge in [0.15, 0.2) is 0 Å². The minimum Gasteiger partial charge on any atom is -0.377 e. The molecule has 1 spiro atoms. The molecule has 0 aliphatic carbocycles. The summed E-state index contributed by atoms with van der Waals surface area (Å²) in [5.74, 6) is -0.197. The molecule has 0 atom stereocenters. The van der Waals surface area contributed by atoms with E-state index in [1.807, 2.05) is 0 Å². The molecule has 0 saturated carbocycles. The van der Waals surface area contributed by atoms with Crippen LogP contribution in [-0.4, -0.2) is 55.4 Å². The van der Waals surface area contributed by atoms with E-state index in [9.17, 15) is 18.0 Å². The highest BCUT2D eigenvalue weighted by atomic mass is 19.4. The number of halogens is 3. The fraction of sp³-hybridized carbons (Fsp3) is 0.533. The number of nitrogens with zero attached hydrogens (tertiary/aromatic N) is 3. The predicted octanol–water partition coefficient (Wildman–Crippen LogP) is 1.68. The van der Waals surface area contributed by atoms with E-state index >= 15 is 0 Å². The van der Waals surface area contributed by atoms with Crippen LogP contribution in [0.5, 0.6) is 0 Å². The van der Waals surface area contributed by atoms with Gasteiger partial charge < -0.3 is 15.0 Å². The monoisotopic (exact) mass is 340 g/mol. The number of carbonyl (C=O) groups is 1. The van der Waals surface area contributed by atoms with E-state index < -0.39 is 11.8 Å². The smallest absolute Gasteiger partial charge is 0.377 e. The van der Waals surface area contributed by atoms with Crippen LogP contribution in [0.4, 0.5) is 13.2 Å². The molecule has 0 unspecified atom stereocenters. The first-order valence-corrected chi connectivity index (χ1v) is 7.60. The molecule has 0 bridgehead atoms. The first kappa shape index (κ1) is 15.5. The minimum absolute atomic E-state index is 0.0754. The second kappa shape index (κ2) is 5.00. The number of benzene rings is 1. The number of ether oxygens (including phenoxy) is 1. The highest BCUT2D eigenvalue weighted by molar-refractivity contribution is 5.95. The van der Waals surface area contributed by atoms with Gasteiger partial charge in [-0.25, -0.2) is 0 Å². The van der Waals surface area contributed by atoms with Gasteiger partial charge in [0.05, 0.1) is 18.8 Å². The third-order valence-electron chi connectivity index (χ3n) is 4.79. The van der Waals surface area contributed by atoms with Gasteiger partial charge in [0, 0.05) is 30.8 Å². The Bertz CT molecular complexity index is 692. The van der Waals surface area contributed by atoms with E-state index in [0.717, 1.165) is 0 Å². The maximum absolute atomic E-state index is 13.0. The van der Waals surface area contributed by atoms with Crippen LogP contribution in [0.3, 0.4) is 0 Å². The number of carbonyl (C=O) groups excluding carboxylic acids is 1. The lowest BCUT2D eigenvalue weighted by Crippen LogP contribution is -2.74. The Morgan fingerprint density at radius 3 is 2.38 bits per heavy atom. The third-order valence-corrected chi connectivity index (χ3v) is 4.79. The SMILES string of the molecule is O=C(c1ccc(C2(C(F)(F)F)N=N2)cc1)N1CCOCC12CNC2. The zero-order chi connectivity index (χ0) is 17.0. The van der Waals surface area contributed by atoms with Crippen molar-refractivity contribution in [2.24, 2.45) is 10.2 Å². The minimum atomic E-state index is -4.57. The van der Waals surface area contributed by atoms with Crippen molar-refractivity contribution < 1.29 is 22.7 Å². The summed E-state index contributed by atoms with van der Waals surface area (Å²) in [6.07, 6.45) is -4.57. The lowest BCUT2D eigenvalue weighted by atomic mass is 9.89. The highest BCUT2D eigenvalue weighted by Gasteiger charge is 2.65. The van der Waals surface area contributed by atoms with Gasteiger partial charge in [0.1, 0.15) is 0 Å². The Balaban J connectivity index is 1.56. The van der Waals surface area contributed by atoms with Crippen LogP contribution in [0, 0.1) is 0 Å². The number of hydrogen-bond acceptors (Lipinski definition) is 5. The quantitative estimate of drug-likeness (QED) is 0.891. The average molecular weight is 340 g/mol. The van der Waals surface area contributed by atoms with Crippen molar-refractivity contribution in [1.82, 2.24) is 10.2 Å². The molecule has 128 valence electrons. The molecular formula is C15H15F3N4O2. The molecule has 3 aliphatic heterocycles. The topological polar surface area (TPSA) is 66.3 Å². The Kier molecular flexibility index (Phi) is 3.23. The normalized spacial score (nSPS) is 23.9. The van der Waals surface area contributed by atoms with Gasteiger partial charge in [-0.1, -0.05) is 12.1 Å². The summed E-state index contributed by atoms with van der Waals surface area (Å²) < 4.78 is 44.5. The summed E-state index contributed by atoms with van der Waals surface area (Å²) >= 11 is 0. The second-order valence-electron chi connectivity index (χ2n) is 6.28. The molecule has 1 N–H and O–H groups in total. The van der Waals surface area contributed by atoms with Crippen molar-refractivity contribution in [2.45, 2.75) is 17.4 Å². The summed E-state index contributed by atoms with van der Waals surface area (Å²) in [5, 5.41) is 9.47. The molecule has 3 heterocycles. The molecule has 1 amide bonds. The summed E-state index contributed by atoms with van der Waals surface area (Å²) in [6.45, 7) is 2.72. The maximum atomic E-state index is 13.0. The van der Waals surface area contributed by atoms with Crippen LogP contribution in [0.1, 0.15) is 15.9 Å². The van der Waals surface area contributed by atoms with Crippen molar-refractivity contribution in [1.29, 1.82) is 0 Å². The van der Waals surface area contributed by atoms with Gasteiger partial charge in [-0.2, -0.15) is 13.2 Å². The molecule has 2 saturated heterocycles. The summed E-state index contributed by atoms with van der Waals surface area (Å²) in [6, 6.07) is 5.35. The highest BCUT2D eigenvalue weighted by Crippen LogP contribution is 2.52. The van der Waals surface area contributed by atoms with Gasteiger partial charge in [0.2, 0.25) is 0 Å². The fourth-order valence-corrected chi connectivity index (χ4v) is 3.20. The van der Waals surface area contributed by atoms with Gasteiger partial charge in [-0.05, 0) is 12.1 Å². The number of rotatable bonds is 2. The lowest BCUT2D eigenvalue weighted by Gasteiger charge is -2.52. The zero-order valence-electron chi connectivity index (χ0n) is 12.6. The van der Waals surface area contributed by atoms with E-state index in [1.54, 1.807) is 4.90 Å². The largest absolute Gasteiger partial charge is 0.442 e. The second-order valence-corrected chi connectivity index (χ2v) is 6.28. The predicted molar refractivity (Wildman–Crippen MR) is 76.5 cm³/mol. The molecule has 1 aromatic carbocycles. The van der Waals surface area contributed by atoms with Crippen molar-refractivity contribution in [3.05, 3.63) is 35.4 Å². The number of amides is 1.